The van der Waals surface area contributed by atoms with Crippen LogP contribution in [0.25, 0.3) is 0 Å². The number of amides is 1. The van der Waals surface area contributed by atoms with Crippen molar-refractivity contribution in [2.24, 2.45) is 5.73 Å². The molecule has 0 fully saturated rings. The van der Waals surface area contributed by atoms with Crippen molar-refractivity contribution in [2.45, 2.75) is 24.2 Å². The molecule has 11 heteroatoms. The summed E-state index contributed by atoms with van der Waals surface area (Å²) in [6.07, 6.45) is 0. The maximum absolute atomic E-state index is 12.2. The van der Waals surface area contributed by atoms with Gasteiger partial charge in [-0.3, -0.25) is 4.79 Å². The van der Waals surface area contributed by atoms with Crippen LogP contribution in [-0.4, -0.2) is 46.9 Å². The molecule has 1 rings (SSSR count). The van der Waals surface area contributed by atoms with Crippen LogP contribution in [0.2, 0.25) is 0 Å². The fourth-order valence-electron chi connectivity index (χ4n) is 1.03. The Morgan fingerprint density at radius 3 is 2.58 bits per heavy atom. The van der Waals surface area contributed by atoms with Gasteiger partial charge in [-0.05, 0) is 6.92 Å². The molecule has 19 heavy (non-hydrogen) atoms. The van der Waals surface area contributed by atoms with Crippen LogP contribution in [0.1, 0.15) is 13.8 Å². The lowest BCUT2D eigenvalue weighted by Gasteiger charge is -2.21. The number of nitrogens with one attached hydrogen (secondary N) is 1. The molecule has 0 aliphatic carbocycles. The molecular formula is C8H13N5O3S3. The first kappa shape index (κ1) is 15.9. The van der Waals surface area contributed by atoms with Crippen molar-refractivity contribution >= 4 is 49.6 Å². The minimum absolute atomic E-state index is 0.0534. The van der Waals surface area contributed by atoms with Gasteiger partial charge >= 0.3 is 0 Å². The SMILES string of the molecule is CC(=O)Nc1nnc(S(=O)(=O)N(C)C(C)C(N)=S)s1. The Kier molecular flexibility index (Phi) is 4.90. The van der Waals surface area contributed by atoms with Crippen molar-refractivity contribution in [3.8, 4) is 0 Å². The molecular weight excluding hydrogens is 310 g/mol. The van der Waals surface area contributed by atoms with E-state index in [2.05, 4.69) is 15.5 Å². The monoisotopic (exact) mass is 323 g/mol. The number of nitrogens with zero attached hydrogens (tertiary/aromatic N) is 3. The summed E-state index contributed by atoms with van der Waals surface area (Å²) in [5, 5.41) is 9.59. The second kappa shape index (κ2) is 5.86. The fourth-order valence-corrected chi connectivity index (χ4v) is 3.70. The number of carbonyl (C=O) groups excluding carboxylic acids is 1. The number of rotatable bonds is 5. The third-order valence-electron chi connectivity index (χ3n) is 2.25. The molecule has 106 valence electrons. The van der Waals surface area contributed by atoms with E-state index in [1.807, 2.05) is 0 Å². The topological polar surface area (TPSA) is 118 Å². The van der Waals surface area contributed by atoms with Gasteiger partial charge < -0.3 is 11.1 Å². The van der Waals surface area contributed by atoms with E-state index in [1.165, 1.54) is 14.0 Å². The molecule has 8 nitrogen and oxygen atoms in total. The lowest BCUT2D eigenvalue weighted by atomic mass is 10.3. The van der Waals surface area contributed by atoms with E-state index in [0.717, 1.165) is 15.6 Å². The molecule has 1 aromatic heterocycles. The van der Waals surface area contributed by atoms with Crippen molar-refractivity contribution in [3.63, 3.8) is 0 Å². The Bertz CT molecular complexity index is 597. The molecule has 1 amide bonds. The quantitative estimate of drug-likeness (QED) is 0.568. The highest BCUT2D eigenvalue weighted by Crippen LogP contribution is 2.23. The first-order valence-electron chi connectivity index (χ1n) is 5.04. The van der Waals surface area contributed by atoms with Gasteiger partial charge in [-0.1, -0.05) is 23.6 Å². The van der Waals surface area contributed by atoms with E-state index >= 15 is 0 Å². The van der Waals surface area contributed by atoms with E-state index in [1.54, 1.807) is 6.92 Å². The first-order chi connectivity index (χ1) is 8.66. The smallest absolute Gasteiger partial charge is 0.272 e. The van der Waals surface area contributed by atoms with Crippen LogP contribution in [0.4, 0.5) is 5.13 Å². The van der Waals surface area contributed by atoms with Crippen molar-refractivity contribution in [1.29, 1.82) is 0 Å². The zero-order valence-corrected chi connectivity index (χ0v) is 12.9. The Labute approximate surface area is 120 Å². The molecule has 1 heterocycles. The van der Waals surface area contributed by atoms with E-state index in [-0.39, 0.29) is 20.4 Å². The van der Waals surface area contributed by atoms with Crippen LogP contribution in [0.5, 0.6) is 0 Å². The predicted molar refractivity (Wildman–Crippen MR) is 75.4 cm³/mol. The van der Waals surface area contributed by atoms with Crippen molar-refractivity contribution < 1.29 is 13.2 Å². The van der Waals surface area contributed by atoms with Crippen molar-refractivity contribution in [2.75, 3.05) is 12.4 Å². The van der Waals surface area contributed by atoms with E-state index in [0.29, 0.717) is 0 Å². The number of aromatic nitrogens is 2. The summed E-state index contributed by atoms with van der Waals surface area (Å²) in [5.74, 6) is -0.357. The summed E-state index contributed by atoms with van der Waals surface area (Å²) in [4.78, 5) is 10.9. The number of hydrogen-bond acceptors (Lipinski definition) is 7. The van der Waals surface area contributed by atoms with Crippen LogP contribution in [-0.2, 0) is 14.8 Å². The second-order valence-electron chi connectivity index (χ2n) is 3.65. The Morgan fingerprint density at radius 1 is 1.53 bits per heavy atom. The highest BCUT2D eigenvalue weighted by Gasteiger charge is 2.30. The molecule has 3 N–H and O–H groups in total. The van der Waals surface area contributed by atoms with Gasteiger partial charge in [0.05, 0.1) is 11.0 Å². The maximum Gasteiger partial charge on any atom is 0.272 e. The summed E-state index contributed by atoms with van der Waals surface area (Å²) >= 11 is 5.52. The van der Waals surface area contributed by atoms with Gasteiger partial charge in [-0.15, -0.1) is 10.2 Å². The number of likely N-dealkylation sites (N-methyl/N-ethyl adjacent to an activating group) is 1. The van der Waals surface area contributed by atoms with E-state index < -0.39 is 16.1 Å². The average Bonchev–Trinajstić information content (AvgIpc) is 2.74. The predicted octanol–water partition coefficient (Wildman–Crippen LogP) is -0.208. The van der Waals surface area contributed by atoms with Gasteiger partial charge in [0.25, 0.3) is 10.0 Å². The summed E-state index contributed by atoms with van der Waals surface area (Å²) in [6.45, 7) is 2.85. The normalized spacial score (nSPS) is 13.3. The highest BCUT2D eigenvalue weighted by atomic mass is 32.2. The standard InChI is InChI=1S/C8H13N5O3S3/c1-4(6(9)17)13(3)19(15,16)8-12-11-7(18-8)10-5(2)14/h4H,1-3H3,(H2,9,17)(H,10,11,14). The molecule has 0 aliphatic rings. The van der Waals surface area contributed by atoms with Gasteiger partial charge in [-0.2, -0.15) is 4.31 Å². The minimum atomic E-state index is -3.84. The summed E-state index contributed by atoms with van der Waals surface area (Å²) < 4.78 is 25.1. The van der Waals surface area contributed by atoms with Crippen LogP contribution >= 0.6 is 23.6 Å². The van der Waals surface area contributed by atoms with Gasteiger partial charge in [0, 0.05) is 14.0 Å². The van der Waals surface area contributed by atoms with Crippen molar-refractivity contribution in [3.05, 3.63) is 0 Å². The van der Waals surface area contributed by atoms with E-state index in [4.69, 9.17) is 18.0 Å². The fraction of sp³-hybridized carbons (Fsp3) is 0.500. The molecule has 1 unspecified atom stereocenters. The third-order valence-corrected chi connectivity index (χ3v) is 5.70. The van der Waals surface area contributed by atoms with Crippen LogP contribution in [0.3, 0.4) is 0 Å². The third kappa shape index (κ3) is 3.65. The molecule has 0 radical (unpaired) electrons. The zero-order valence-electron chi connectivity index (χ0n) is 10.4. The molecule has 1 aromatic rings. The molecule has 0 spiro atoms. The Morgan fingerprint density at radius 2 is 2.11 bits per heavy atom. The lowest BCUT2D eigenvalue weighted by Crippen LogP contribution is -2.42. The summed E-state index contributed by atoms with van der Waals surface area (Å²) in [6, 6.07) is -0.645. The van der Waals surface area contributed by atoms with Gasteiger partial charge in [0.2, 0.25) is 15.4 Å². The van der Waals surface area contributed by atoms with Gasteiger partial charge in [0.15, 0.2) is 0 Å². The largest absolute Gasteiger partial charge is 0.392 e. The van der Waals surface area contributed by atoms with Crippen LogP contribution in [0.15, 0.2) is 4.34 Å². The molecule has 0 bridgehead atoms. The average molecular weight is 323 g/mol. The van der Waals surface area contributed by atoms with Crippen LogP contribution in [0, 0.1) is 0 Å². The maximum atomic E-state index is 12.2. The minimum Gasteiger partial charge on any atom is -0.392 e. The van der Waals surface area contributed by atoms with E-state index in [9.17, 15) is 13.2 Å². The second-order valence-corrected chi connectivity index (χ2v) is 7.27. The summed E-state index contributed by atoms with van der Waals surface area (Å²) in [7, 11) is -2.49. The highest BCUT2D eigenvalue weighted by molar-refractivity contribution is 7.91. The molecule has 0 saturated heterocycles. The Balaban J connectivity index is 3.03. The Hall–Kier alpha value is -1.17. The number of anilines is 1. The molecule has 0 saturated carbocycles. The number of carbonyl (C=O) groups is 1. The van der Waals surface area contributed by atoms with Crippen LogP contribution < -0.4 is 11.1 Å². The summed E-state index contributed by atoms with van der Waals surface area (Å²) in [5.41, 5.74) is 5.42. The number of nitrogens with two attached hydrogens (primary N) is 1. The number of sulfonamides is 1. The molecule has 0 aliphatic heterocycles. The number of hydrogen-bond donors (Lipinski definition) is 2. The van der Waals surface area contributed by atoms with Crippen molar-refractivity contribution in [1.82, 2.24) is 14.5 Å². The van der Waals surface area contributed by atoms with Gasteiger partial charge in [0.1, 0.15) is 0 Å². The zero-order chi connectivity index (χ0) is 14.8. The molecule has 1 atom stereocenters. The number of thiocarbonyl (C=S) groups is 1. The first-order valence-corrected chi connectivity index (χ1v) is 7.71. The lowest BCUT2D eigenvalue weighted by molar-refractivity contribution is -0.114. The van der Waals surface area contributed by atoms with Gasteiger partial charge in [-0.25, -0.2) is 8.42 Å². The molecule has 0 aromatic carbocycles.